The first-order valence-electron chi connectivity index (χ1n) is 8.17. The lowest BCUT2D eigenvalue weighted by Crippen LogP contribution is -2.43. The van der Waals surface area contributed by atoms with Crippen LogP contribution in [0.3, 0.4) is 0 Å². The second kappa shape index (κ2) is 7.42. The zero-order valence-electron chi connectivity index (χ0n) is 14.5. The Labute approximate surface area is 149 Å². The third-order valence-electron chi connectivity index (χ3n) is 4.98. The van der Waals surface area contributed by atoms with E-state index < -0.39 is 10.0 Å². The molecule has 1 amide bonds. The summed E-state index contributed by atoms with van der Waals surface area (Å²) in [5.74, 6) is 0.715. The van der Waals surface area contributed by atoms with E-state index in [0.29, 0.717) is 17.4 Å². The van der Waals surface area contributed by atoms with Crippen molar-refractivity contribution in [3.63, 3.8) is 0 Å². The summed E-state index contributed by atoms with van der Waals surface area (Å²) in [6.45, 7) is 4.35. The number of sulfonamides is 1. The van der Waals surface area contributed by atoms with Crippen molar-refractivity contribution in [1.82, 2.24) is 9.62 Å². The van der Waals surface area contributed by atoms with E-state index in [9.17, 15) is 13.2 Å². The second-order valence-corrected chi connectivity index (χ2v) is 9.31. The molecular weight excluding hydrogens is 348 g/mol. The molecule has 1 aromatic rings. The summed E-state index contributed by atoms with van der Waals surface area (Å²) in [6.07, 6.45) is 3.23. The first-order valence-corrected chi connectivity index (χ1v) is 9.99. The molecule has 1 aliphatic rings. The zero-order chi connectivity index (χ0) is 18.1. The smallest absolute Gasteiger partial charge is 0.251 e. The lowest BCUT2D eigenvalue weighted by Gasteiger charge is -2.34. The summed E-state index contributed by atoms with van der Waals surface area (Å²) in [5, 5.41) is 3.16. The van der Waals surface area contributed by atoms with Crippen molar-refractivity contribution in [2.24, 2.45) is 11.8 Å². The number of carbonyl (C=O) groups excluding carboxylic acids is 1. The fourth-order valence-corrected chi connectivity index (χ4v) is 4.47. The highest BCUT2D eigenvalue weighted by atomic mass is 35.5. The molecule has 1 fully saturated rings. The van der Waals surface area contributed by atoms with Crippen LogP contribution in [0, 0.1) is 11.8 Å². The molecule has 134 valence electrons. The van der Waals surface area contributed by atoms with Gasteiger partial charge in [-0.1, -0.05) is 38.3 Å². The maximum absolute atomic E-state index is 12.6. The minimum absolute atomic E-state index is 0.0492. The highest BCUT2D eigenvalue weighted by Crippen LogP contribution is 2.30. The minimum atomic E-state index is -3.69. The highest BCUT2D eigenvalue weighted by Gasteiger charge is 2.29. The highest BCUT2D eigenvalue weighted by molar-refractivity contribution is 7.89. The van der Waals surface area contributed by atoms with Gasteiger partial charge in [0.2, 0.25) is 10.0 Å². The molecule has 3 unspecified atom stereocenters. The molecule has 24 heavy (non-hydrogen) atoms. The summed E-state index contributed by atoms with van der Waals surface area (Å²) >= 11 is 6.03. The lowest BCUT2D eigenvalue weighted by molar-refractivity contribution is 0.0891. The Bertz CT molecular complexity index is 719. The van der Waals surface area contributed by atoms with E-state index in [1.54, 1.807) is 6.07 Å². The standard InChI is InChI=1S/C17H25ClN2O3S/c1-11-6-5-7-15(12(11)2)19-17(21)13-8-9-14(18)16(10-13)24(22,23)20(3)4/h8-12,15H,5-7H2,1-4H3,(H,19,21). The molecule has 5 nitrogen and oxygen atoms in total. The van der Waals surface area contributed by atoms with Gasteiger partial charge in [-0.15, -0.1) is 0 Å². The van der Waals surface area contributed by atoms with Gasteiger partial charge >= 0.3 is 0 Å². The molecule has 0 saturated heterocycles. The van der Waals surface area contributed by atoms with Gasteiger partial charge in [0.05, 0.1) is 5.02 Å². The van der Waals surface area contributed by atoms with Crippen LogP contribution in [0.4, 0.5) is 0 Å². The number of carbonyl (C=O) groups is 1. The number of amides is 1. The molecule has 0 spiro atoms. The molecule has 3 atom stereocenters. The van der Waals surface area contributed by atoms with Crippen LogP contribution in [0.1, 0.15) is 43.5 Å². The SMILES string of the molecule is CC1CCCC(NC(=O)c2ccc(Cl)c(S(=O)(=O)N(C)C)c2)C1C. The lowest BCUT2D eigenvalue weighted by atomic mass is 9.78. The van der Waals surface area contributed by atoms with Gasteiger partial charge in [-0.25, -0.2) is 12.7 Å². The van der Waals surface area contributed by atoms with Crippen molar-refractivity contribution >= 4 is 27.5 Å². The van der Waals surface area contributed by atoms with E-state index in [2.05, 4.69) is 19.2 Å². The van der Waals surface area contributed by atoms with E-state index in [1.165, 1.54) is 32.6 Å². The van der Waals surface area contributed by atoms with Gasteiger partial charge in [0, 0.05) is 25.7 Å². The van der Waals surface area contributed by atoms with E-state index in [1.807, 2.05) is 0 Å². The van der Waals surface area contributed by atoms with Gasteiger partial charge in [0.1, 0.15) is 4.90 Å². The monoisotopic (exact) mass is 372 g/mol. The predicted molar refractivity (Wildman–Crippen MR) is 95.8 cm³/mol. The van der Waals surface area contributed by atoms with Gasteiger partial charge in [-0.05, 0) is 36.5 Å². The van der Waals surface area contributed by atoms with Gasteiger partial charge in [0.25, 0.3) is 5.91 Å². The van der Waals surface area contributed by atoms with Gasteiger partial charge in [-0.2, -0.15) is 0 Å². The quantitative estimate of drug-likeness (QED) is 0.882. The first-order chi connectivity index (χ1) is 11.1. The van der Waals surface area contributed by atoms with Gasteiger partial charge < -0.3 is 5.32 Å². The zero-order valence-corrected chi connectivity index (χ0v) is 16.1. The molecule has 1 aromatic carbocycles. The van der Waals surface area contributed by atoms with E-state index in [-0.39, 0.29) is 21.9 Å². The van der Waals surface area contributed by atoms with Crippen molar-refractivity contribution < 1.29 is 13.2 Å². The number of hydrogen-bond acceptors (Lipinski definition) is 3. The Morgan fingerprint density at radius 3 is 2.54 bits per heavy atom. The van der Waals surface area contributed by atoms with Crippen LogP contribution in [-0.2, 0) is 10.0 Å². The summed E-state index contributed by atoms with van der Waals surface area (Å²) < 4.78 is 25.7. The predicted octanol–water partition coefficient (Wildman–Crippen LogP) is 3.14. The molecule has 0 aromatic heterocycles. The Morgan fingerprint density at radius 2 is 1.92 bits per heavy atom. The number of nitrogens with one attached hydrogen (secondary N) is 1. The van der Waals surface area contributed by atoms with E-state index >= 15 is 0 Å². The average molecular weight is 373 g/mol. The maximum atomic E-state index is 12.6. The molecule has 7 heteroatoms. The van der Waals surface area contributed by atoms with E-state index in [0.717, 1.165) is 17.1 Å². The Kier molecular flexibility index (Phi) is 5.94. The summed E-state index contributed by atoms with van der Waals surface area (Å²) in [6, 6.07) is 4.48. The van der Waals surface area contributed by atoms with Crippen molar-refractivity contribution in [3.8, 4) is 0 Å². The molecule has 2 rings (SSSR count). The molecule has 1 N–H and O–H groups in total. The van der Waals surface area contributed by atoms with Crippen LogP contribution in [0.25, 0.3) is 0 Å². The largest absolute Gasteiger partial charge is 0.349 e. The normalized spacial score (nSPS) is 24.8. The van der Waals surface area contributed by atoms with Gasteiger partial charge in [-0.3, -0.25) is 4.79 Å². The number of halogens is 1. The molecule has 0 aliphatic heterocycles. The summed E-state index contributed by atoms with van der Waals surface area (Å²) in [5.41, 5.74) is 0.310. The van der Waals surface area contributed by atoms with Crippen molar-refractivity contribution in [2.75, 3.05) is 14.1 Å². The topological polar surface area (TPSA) is 66.5 Å². The Balaban J connectivity index is 2.25. The third-order valence-corrected chi connectivity index (χ3v) is 7.27. The van der Waals surface area contributed by atoms with Crippen molar-refractivity contribution in [1.29, 1.82) is 0 Å². The fourth-order valence-electron chi connectivity index (χ4n) is 3.08. The molecular formula is C17H25ClN2O3S. The van der Waals surface area contributed by atoms with Crippen LogP contribution in [0.5, 0.6) is 0 Å². The molecule has 0 heterocycles. The number of nitrogens with zero attached hydrogens (tertiary/aromatic N) is 1. The van der Waals surface area contributed by atoms with Crippen molar-refractivity contribution in [2.45, 2.75) is 44.0 Å². The molecule has 1 aliphatic carbocycles. The number of hydrogen-bond donors (Lipinski definition) is 1. The summed E-state index contributed by atoms with van der Waals surface area (Å²) in [7, 11) is -0.827. The van der Waals surface area contributed by atoms with Crippen LogP contribution >= 0.6 is 11.6 Å². The number of benzene rings is 1. The van der Waals surface area contributed by atoms with Crippen LogP contribution < -0.4 is 5.32 Å². The third kappa shape index (κ3) is 3.92. The first kappa shape index (κ1) is 19.2. The van der Waals surface area contributed by atoms with Crippen molar-refractivity contribution in [3.05, 3.63) is 28.8 Å². The Hall–Kier alpha value is -1.11. The van der Waals surface area contributed by atoms with Gasteiger partial charge in [0.15, 0.2) is 0 Å². The van der Waals surface area contributed by atoms with Crippen LogP contribution in [-0.4, -0.2) is 38.8 Å². The Morgan fingerprint density at radius 1 is 1.25 bits per heavy atom. The fraction of sp³-hybridized carbons (Fsp3) is 0.588. The van der Waals surface area contributed by atoms with Crippen LogP contribution in [0.2, 0.25) is 5.02 Å². The number of rotatable bonds is 4. The average Bonchev–Trinajstić information content (AvgIpc) is 2.51. The minimum Gasteiger partial charge on any atom is -0.349 e. The maximum Gasteiger partial charge on any atom is 0.251 e. The molecule has 0 radical (unpaired) electrons. The molecule has 1 saturated carbocycles. The van der Waals surface area contributed by atoms with E-state index in [4.69, 9.17) is 11.6 Å². The van der Waals surface area contributed by atoms with Crippen LogP contribution in [0.15, 0.2) is 23.1 Å². The second-order valence-electron chi connectivity index (χ2n) is 6.78. The summed E-state index contributed by atoms with van der Waals surface area (Å²) in [4.78, 5) is 12.5. The molecule has 0 bridgehead atoms.